The first kappa shape index (κ1) is 19.4. The monoisotopic (exact) mass is 399 g/mol. The summed E-state index contributed by atoms with van der Waals surface area (Å²) in [6.07, 6.45) is 1.27. The van der Waals surface area contributed by atoms with Crippen LogP contribution < -0.4 is 15.4 Å². The Morgan fingerprint density at radius 1 is 1.14 bits per heavy atom. The van der Waals surface area contributed by atoms with E-state index in [1.165, 1.54) is 6.33 Å². The number of anilines is 3. The van der Waals surface area contributed by atoms with Gasteiger partial charge in [0.25, 0.3) is 0 Å². The Morgan fingerprint density at radius 3 is 2.54 bits per heavy atom. The van der Waals surface area contributed by atoms with Gasteiger partial charge in [-0.2, -0.15) is 0 Å². The molecule has 0 spiro atoms. The molecule has 0 aliphatic heterocycles. The third-order valence-electron chi connectivity index (χ3n) is 4.14. The summed E-state index contributed by atoms with van der Waals surface area (Å²) in [5.41, 5.74) is 2.09. The predicted molar refractivity (Wildman–Crippen MR) is 108 cm³/mol. The summed E-state index contributed by atoms with van der Waals surface area (Å²) in [5, 5.41) is 18.2. The van der Waals surface area contributed by atoms with E-state index in [9.17, 15) is 10.1 Å². The molecule has 3 aromatic rings. The van der Waals surface area contributed by atoms with E-state index in [0.717, 1.165) is 16.9 Å². The Hall–Kier alpha value is -3.39. The fourth-order valence-corrected chi connectivity index (χ4v) is 2.75. The minimum Gasteiger partial charge on any atom is -0.497 e. The van der Waals surface area contributed by atoms with Crippen molar-refractivity contribution in [3.05, 3.63) is 75.1 Å². The standard InChI is InChI=1S/C19H18ClN5O3/c1-12-15(20)4-3-5-16(12)24-19-17(25(26)27)18(22-11-23-19)21-10-13-6-8-14(28-2)9-7-13/h3-9,11H,10H2,1-2H3,(H2,21,22,23,24). The zero-order valence-electron chi connectivity index (χ0n) is 15.3. The number of ether oxygens (including phenoxy) is 1. The number of nitrogens with zero attached hydrogens (tertiary/aromatic N) is 3. The minimum absolute atomic E-state index is 0.0857. The normalized spacial score (nSPS) is 10.4. The van der Waals surface area contributed by atoms with Crippen molar-refractivity contribution in [3.8, 4) is 5.75 Å². The van der Waals surface area contributed by atoms with Gasteiger partial charge in [-0.1, -0.05) is 29.8 Å². The van der Waals surface area contributed by atoms with Gasteiger partial charge in [0.15, 0.2) is 0 Å². The van der Waals surface area contributed by atoms with Gasteiger partial charge < -0.3 is 15.4 Å². The molecule has 144 valence electrons. The van der Waals surface area contributed by atoms with Gasteiger partial charge in [0.2, 0.25) is 11.6 Å². The molecule has 2 N–H and O–H groups in total. The minimum atomic E-state index is -0.515. The lowest BCUT2D eigenvalue weighted by Crippen LogP contribution is -2.08. The molecule has 0 fully saturated rings. The molecular weight excluding hydrogens is 382 g/mol. The number of nitrogens with one attached hydrogen (secondary N) is 2. The van der Waals surface area contributed by atoms with Crippen LogP contribution in [0.15, 0.2) is 48.8 Å². The lowest BCUT2D eigenvalue weighted by Gasteiger charge is -2.12. The highest BCUT2D eigenvalue weighted by molar-refractivity contribution is 6.31. The summed E-state index contributed by atoms with van der Waals surface area (Å²) in [6.45, 7) is 2.18. The second kappa shape index (κ2) is 8.53. The number of benzene rings is 2. The average molecular weight is 400 g/mol. The maximum absolute atomic E-state index is 11.7. The van der Waals surface area contributed by atoms with Crippen molar-refractivity contribution < 1.29 is 9.66 Å². The van der Waals surface area contributed by atoms with Crippen LogP contribution in [0.4, 0.5) is 23.0 Å². The molecule has 28 heavy (non-hydrogen) atoms. The van der Waals surface area contributed by atoms with E-state index in [-0.39, 0.29) is 17.3 Å². The summed E-state index contributed by atoms with van der Waals surface area (Å²) < 4.78 is 5.12. The molecular formula is C19H18ClN5O3. The summed E-state index contributed by atoms with van der Waals surface area (Å²) in [6, 6.07) is 12.7. The number of aromatic nitrogens is 2. The first-order valence-electron chi connectivity index (χ1n) is 8.38. The van der Waals surface area contributed by atoms with Crippen molar-refractivity contribution >= 4 is 34.6 Å². The van der Waals surface area contributed by atoms with Crippen molar-refractivity contribution in [2.45, 2.75) is 13.5 Å². The number of methoxy groups -OCH3 is 1. The molecule has 0 aliphatic carbocycles. The van der Waals surface area contributed by atoms with E-state index in [2.05, 4.69) is 20.6 Å². The average Bonchev–Trinajstić information content (AvgIpc) is 2.70. The van der Waals surface area contributed by atoms with Crippen LogP contribution >= 0.6 is 11.6 Å². The van der Waals surface area contributed by atoms with E-state index in [4.69, 9.17) is 16.3 Å². The van der Waals surface area contributed by atoms with Crippen LogP contribution in [-0.4, -0.2) is 22.0 Å². The van der Waals surface area contributed by atoms with Crippen LogP contribution in [0, 0.1) is 17.0 Å². The van der Waals surface area contributed by atoms with E-state index >= 15 is 0 Å². The van der Waals surface area contributed by atoms with Crippen molar-refractivity contribution in [3.63, 3.8) is 0 Å². The van der Waals surface area contributed by atoms with E-state index < -0.39 is 4.92 Å². The maximum atomic E-state index is 11.7. The molecule has 9 heteroatoms. The molecule has 8 nitrogen and oxygen atoms in total. The highest BCUT2D eigenvalue weighted by atomic mass is 35.5. The number of halogens is 1. The molecule has 1 heterocycles. The van der Waals surface area contributed by atoms with Gasteiger partial charge in [-0.3, -0.25) is 10.1 Å². The fourth-order valence-electron chi connectivity index (χ4n) is 2.57. The molecule has 1 aromatic heterocycles. The van der Waals surface area contributed by atoms with Gasteiger partial charge in [0.1, 0.15) is 12.1 Å². The Kier molecular flexibility index (Phi) is 5.90. The maximum Gasteiger partial charge on any atom is 0.353 e. The number of hydrogen-bond donors (Lipinski definition) is 2. The number of rotatable bonds is 7. The fraction of sp³-hybridized carbons (Fsp3) is 0.158. The summed E-state index contributed by atoms with van der Waals surface area (Å²) >= 11 is 6.12. The molecule has 0 bridgehead atoms. The van der Waals surface area contributed by atoms with Crippen LogP contribution in [0.2, 0.25) is 5.02 Å². The van der Waals surface area contributed by atoms with Crippen LogP contribution in [0.5, 0.6) is 5.75 Å². The third-order valence-corrected chi connectivity index (χ3v) is 4.55. The lowest BCUT2D eigenvalue weighted by molar-refractivity contribution is -0.383. The summed E-state index contributed by atoms with van der Waals surface area (Å²) in [7, 11) is 1.59. The van der Waals surface area contributed by atoms with Gasteiger partial charge in [-0.25, -0.2) is 9.97 Å². The highest BCUT2D eigenvalue weighted by Gasteiger charge is 2.23. The van der Waals surface area contributed by atoms with Crippen molar-refractivity contribution in [2.75, 3.05) is 17.7 Å². The van der Waals surface area contributed by atoms with Crippen LogP contribution in [0.3, 0.4) is 0 Å². The van der Waals surface area contributed by atoms with Crippen molar-refractivity contribution in [1.29, 1.82) is 0 Å². The lowest BCUT2D eigenvalue weighted by atomic mass is 10.2. The molecule has 0 amide bonds. The van der Waals surface area contributed by atoms with E-state index in [0.29, 0.717) is 17.3 Å². The van der Waals surface area contributed by atoms with E-state index in [1.54, 1.807) is 25.3 Å². The second-order valence-electron chi connectivity index (χ2n) is 5.92. The largest absolute Gasteiger partial charge is 0.497 e. The molecule has 0 radical (unpaired) electrons. The first-order chi connectivity index (χ1) is 13.5. The van der Waals surface area contributed by atoms with Gasteiger partial charge in [0.05, 0.1) is 12.0 Å². The topological polar surface area (TPSA) is 102 Å². The quantitative estimate of drug-likeness (QED) is 0.438. The number of hydrogen-bond acceptors (Lipinski definition) is 7. The van der Waals surface area contributed by atoms with Gasteiger partial charge in [0, 0.05) is 17.3 Å². The molecule has 3 rings (SSSR count). The van der Waals surface area contributed by atoms with Crippen LogP contribution in [0.25, 0.3) is 0 Å². The molecule has 0 atom stereocenters. The molecule has 0 aliphatic rings. The first-order valence-corrected chi connectivity index (χ1v) is 8.75. The van der Waals surface area contributed by atoms with Crippen LogP contribution in [-0.2, 0) is 6.54 Å². The zero-order chi connectivity index (χ0) is 20.1. The van der Waals surface area contributed by atoms with Crippen LogP contribution in [0.1, 0.15) is 11.1 Å². The summed E-state index contributed by atoms with van der Waals surface area (Å²) in [4.78, 5) is 19.2. The second-order valence-corrected chi connectivity index (χ2v) is 6.32. The third kappa shape index (κ3) is 4.29. The Bertz CT molecular complexity index is 995. The smallest absolute Gasteiger partial charge is 0.353 e. The van der Waals surface area contributed by atoms with Crippen molar-refractivity contribution in [2.24, 2.45) is 0 Å². The van der Waals surface area contributed by atoms with Gasteiger partial charge >= 0.3 is 5.69 Å². The SMILES string of the molecule is COc1ccc(CNc2ncnc(Nc3cccc(Cl)c3C)c2[N+](=O)[O-])cc1. The molecule has 0 saturated carbocycles. The highest BCUT2D eigenvalue weighted by Crippen LogP contribution is 2.33. The number of nitro groups is 1. The molecule has 2 aromatic carbocycles. The molecule has 0 saturated heterocycles. The summed E-state index contributed by atoms with van der Waals surface area (Å²) in [5.74, 6) is 0.945. The Morgan fingerprint density at radius 2 is 1.86 bits per heavy atom. The molecule has 0 unspecified atom stereocenters. The predicted octanol–water partition coefficient (Wildman–Crippen LogP) is 4.71. The van der Waals surface area contributed by atoms with Gasteiger partial charge in [-0.05, 0) is 42.3 Å². The van der Waals surface area contributed by atoms with E-state index in [1.807, 2.05) is 31.2 Å². The Labute approximate surface area is 166 Å². The van der Waals surface area contributed by atoms with Gasteiger partial charge in [-0.15, -0.1) is 0 Å². The van der Waals surface area contributed by atoms with Crippen molar-refractivity contribution in [1.82, 2.24) is 9.97 Å². The zero-order valence-corrected chi connectivity index (χ0v) is 16.0. The Balaban J connectivity index is 1.86.